The lowest BCUT2D eigenvalue weighted by Gasteiger charge is -2.25. The molecule has 1 amide bonds. The van der Waals surface area contributed by atoms with E-state index in [4.69, 9.17) is 11.6 Å². The van der Waals surface area contributed by atoms with Crippen molar-refractivity contribution in [3.63, 3.8) is 0 Å². The number of carbonyl (C=O) groups excluding carboxylic acids is 1. The third-order valence-electron chi connectivity index (χ3n) is 4.48. The Morgan fingerprint density at radius 3 is 2.81 bits per heavy atom. The number of halogens is 1. The van der Waals surface area contributed by atoms with Gasteiger partial charge in [0.05, 0.1) is 24.3 Å². The van der Waals surface area contributed by atoms with Gasteiger partial charge in [0.25, 0.3) is 11.5 Å². The van der Waals surface area contributed by atoms with Crippen LogP contribution in [0.4, 0.5) is 0 Å². The molecule has 1 aliphatic rings. The molecular weight excluding hydrogens is 354 g/mol. The zero-order chi connectivity index (χ0) is 18.1. The van der Waals surface area contributed by atoms with Crippen LogP contribution in [0.3, 0.4) is 0 Å². The summed E-state index contributed by atoms with van der Waals surface area (Å²) in [7, 11) is 0. The third kappa shape index (κ3) is 3.13. The van der Waals surface area contributed by atoms with E-state index in [0.717, 1.165) is 17.0 Å². The second-order valence-corrected chi connectivity index (χ2v) is 6.58. The molecule has 1 N–H and O–H groups in total. The average molecular weight is 370 g/mol. The van der Waals surface area contributed by atoms with Crippen LogP contribution < -0.4 is 5.56 Å². The van der Waals surface area contributed by atoms with Gasteiger partial charge in [0.2, 0.25) is 0 Å². The van der Waals surface area contributed by atoms with E-state index in [1.165, 1.54) is 10.6 Å². The van der Waals surface area contributed by atoms with Crippen molar-refractivity contribution in [2.75, 3.05) is 6.54 Å². The van der Waals surface area contributed by atoms with Gasteiger partial charge in [-0.1, -0.05) is 29.8 Å². The van der Waals surface area contributed by atoms with Crippen molar-refractivity contribution in [3.05, 3.63) is 80.5 Å². The summed E-state index contributed by atoms with van der Waals surface area (Å²) in [6.07, 6.45) is 2.25. The zero-order valence-electron chi connectivity index (χ0n) is 13.9. The molecular formula is C18H16ClN5O2. The van der Waals surface area contributed by atoms with E-state index in [1.54, 1.807) is 23.2 Å². The summed E-state index contributed by atoms with van der Waals surface area (Å²) >= 11 is 6.18. The van der Waals surface area contributed by atoms with Crippen molar-refractivity contribution >= 4 is 17.5 Å². The Hall–Kier alpha value is -2.93. The number of benzene rings is 1. The number of amides is 1. The minimum atomic E-state index is -0.182. The van der Waals surface area contributed by atoms with Gasteiger partial charge in [0, 0.05) is 30.3 Å². The number of pyridine rings is 1. The van der Waals surface area contributed by atoms with E-state index in [9.17, 15) is 9.59 Å². The molecule has 0 unspecified atom stereocenters. The summed E-state index contributed by atoms with van der Waals surface area (Å²) < 4.78 is 1.50. The molecule has 0 bridgehead atoms. The molecule has 0 spiro atoms. The fourth-order valence-corrected chi connectivity index (χ4v) is 3.25. The minimum Gasteiger partial charge on any atom is -0.332 e. The summed E-state index contributed by atoms with van der Waals surface area (Å²) in [6.45, 7) is 1.30. The first-order valence-corrected chi connectivity index (χ1v) is 8.61. The molecule has 4 rings (SSSR count). The lowest BCUT2D eigenvalue weighted by Crippen LogP contribution is -2.36. The SMILES string of the molecule is O=C(c1ccc(=O)n(Cc2ccccc2Cl)c1)N1CCc2n[nH]nc2C1. The molecule has 3 aromatic rings. The monoisotopic (exact) mass is 369 g/mol. The second kappa shape index (κ2) is 6.76. The molecule has 8 heteroatoms. The van der Waals surface area contributed by atoms with E-state index in [2.05, 4.69) is 15.4 Å². The Bertz CT molecular complexity index is 1030. The molecule has 0 atom stereocenters. The molecule has 0 saturated heterocycles. The second-order valence-electron chi connectivity index (χ2n) is 6.17. The fraction of sp³-hybridized carbons (Fsp3) is 0.222. The highest BCUT2D eigenvalue weighted by Gasteiger charge is 2.24. The number of hydrogen-bond acceptors (Lipinski definition) is 4. The smallest absolute Gasteiger partial charge is 0.255 e. The predicted octanol–water partition coefficient (Wildman–Crippen LogP) is 1.87. The fourth-order valence-electron chi connectivity index (χ4n) is 3.05. The van der Waals surface area contributed by atoms with Gasteiger partial charge in [-0.25, -0.2) is 0 Å². The molecule has 26 heavy (non-hydrogen) atoms. The normalized spacial score (nSPS) is 13.5. The first kappa shape index (κ1) is 16.5. The summed E-state index contributed by atoms with van der Waals surface area (Å²) in [4.78, 5) is 26.7. The van der Waals surface area contributed by atoms with Crippen LogP contribution >= 0.6 is 11.6 Å². The average Bonchev–Trinajstić information content (AvgIpc) is 3.12. The van der Waals surface area contributed by atoms with E-state index in [-0.39, 0.29) is 11.5 Å². The van der Waals surface area contributed by atoms with Crippen molar-refractivity contribution in [1.82, 2.24) is 24.9 Å². The maximum absolute atomic E-state index is 12.8. The summed E-state index contributed by atoms with van der Waals surface area (Å²) in [5.41, 5.74) is 2.79. The maximum atomic E-state index is 12.8. The van der Waals surface area contributed by atoms with E-state index < -0.39 is 0 Å². The van der Waals surface area contributed by atoms with E-state index in [0.29, 0.717) is 36.6 Å². The maximum Gasteiger partial charge on any atom is 0.255 e. The largest absolute Gasteiger partial charge is 0.332 e. The standard InChI is InChI=1S/C18H16ClN5O2/c19-14-4-2-1-3-12(14)9-24-10-13(5-6-17(24)25)18(26)23-8-7-15-16(11-23)21-22-20-15/h1-6,10H,7-9,11H2,(H,20,21,22). The van der Waals surface area contributed by atoms with Gasteiger partial charge in [-0.05, 0) is 17.7 Å². The van der Waals surface area contributed by atoms with Gasteiger partial charge in [-0.2, -0.15) is 15.4 Å². The number of hydrogen-bond donors (Lipinski definition) is 1. The molecule has 132 valence electrons. The Morgan fingerprint density at radius 1 is 1.15 bits per heavy atom. The molecule has 0 radical (unpaired) electrons. The topological polar surface area (TPSA) is 83.9 Å². The number of aromatic nitrogens is 4. The highest BCUT2D eigenvalue weighted by molar-refractivity contribution is 6.31. The van der Waals surface area contributed by atoms with Crippen molar-refractivity contribution < 1.29 is 4.79 Å². The lowest BCUT2D eigenvalue weighted by atomic mass is 10.1. The molecule has 3 heterocycles. The molecule has 0 fully saturated rings. The van der Waals surface area contributed by atoms with Crippen molar-refractivity contribution in [2.45, 2.75) is 19.5 Å². The predicted molar refractivity (Wildman–Crippen MR) is 96.1 cm³/mol. The number of nitrogens with zero attached hydrogens (tertiary/aromatic N) is 4. The van der Waals surface area contributed by atoms with Crippen LogP contribution in [0.2, 0.25) is 5.02 Å². The van der Waals surface area contributed by atoms with Gasteiger partial charge < -0.3 is 9.47 Å². The molecule has 0 aliphatic carbocycles. The zero-order valence-corrected chi connectivity index (χ0v) is 14.6. The highest BCUT2D eigenvalue weighted by atomic mass is 35.5. The quantitative estimate of drug-likeness (QED) is 0.763. The van der Waals surface area contributed by atoms with E-state index in [1.807, 2.05) is 18.2 Å². The van der Waals surface area contributed by atoms with Crippen molar-refractivity contribution in [1.29, 1.82) is 0 Å². The Balaban J connectivity index is 1.59. The Morgan fingerprint density at radius 2 is 1.96 bits per heavy atom. The number of H-pyrrole nitrogens is 1. The van der Waals surface area contributed by atoms with Crippen LogP contribution in [-0.4, -0.2) is 37.3 Å². The van der Waals surface area contributed by atoms with Crippen LogP contribution in [0.25, 0.3) is 0 Å². The Labute approximate surface area is 154 Å². The van der Waals surface area contributed by atoms with E-state index >= 15 is 0 Å². The number of aromatic amines is 1. The number of fused-ring (bicyclic) bond motifs is 1. The van der Waals surface area contributed by atoms with Crippen LogP contribution in [0, 0.1) is 0 Å². The van der Waals surface area contributed by atoms with Crippen LogP contribution in [0.5, 0.6) is 0 Å². The Kier molecular flexibility index (Phi) is 4.30. The number of nitrogens with one attached hydrogen (secondary N) is 1. The highest BCUT2D eigenvalue weighted by Crippen LogP contribution is 2.18. The van der Waals surface area contributed by atoms with Crippen molar-refractivity contribution in [2.24, 2.45) is 0 Å². The minimum absolute atomic E-state index is 0.133. The summed E-state index contributed by atoms with van der Waals surface area (Å²) in [5, 5.41) is 11.3. The molecule has 1 aromatic carbocycles. The number of carbonyl (C=O) groups is 1. The molecule has 2 aromatic heterocycles. The van der Waals surface area contributed by atoms with Crippen molar-refractivity contribution in [3.8, 4) is 0 Å². The van der Waals surface area contributed by atoms with Gasteiger partial charge in [0.15, 0.2) is 0 Å². The molecule has 0 saturated carbocycles. The lowest BCUT2D eigenvalue weighted by molar-refractivity contribution is 0.0731. The van der Waals surface area contributed by atoms with Crippen LogP contribution in [0.15, 0.2) is 47.4 Å². The molecule has 7 nitrogen and oxygen atoms in total. The first-order chi connectivity index (χ1) is 12.6. The summed E-state index contributed by atoms with van der Waals surface area (Å²) in [6, 6.07) is 10.3. The van der Waals surface area contributed by atoms with Gasteiger partial charge in [-0.3, -0.25) is 9.59 Å². The van der Waals surface area contributed by atoms with Crippen LogP contribution in [-0.2, 0) is 19.5 Å². The van der Waals surface area contributed by atoms with Crippen LogP contribution in [0.1, 0.15) is 27.3 Å². The van der Waals surface area contributed by atoms with Gasteiger partial charge in [0.1, 0.15) is 5.69 Å². The summed E-state index contributed by atoms with van der Waals surface area (Å²) in [5.74, 6) is -0.133. The van der Waals surface area contributed by atoms with Gasteiger partial charge >= 0.3 is 0 Å². The van der Waals surface area contributed by atoms with Gasteiger partial charge in [-0.15, -0.1) is 0 Å². The molecule has 1 aliphatic heterocycles. The number of rotatable bonds is 3. The first-order valence-electron chi connectivity index (χ1n) is 8.23. The third-order valence-corrected chi connectivity index (χ3v) is 4.85.